The zero-order valence-electron chi connectivity index (χ0n) is 10.0. The van der Waals surface area contributed by atoms with Crippen LogP contribution in [-0.4, -0.2) is 18.7 Å². The molecule has 0 radical (unpaired) electrons. The summed E-state index contributed by atoms with van der Waals surface area (Å²) in [4.78, 5) is 11.5. The van der Waals surface area contributed by atoms with Crippen LogP contribution in [-0.2, 0) is 9.53 Å². The number of carbonyl (C=O) groups excluding carboxylic acids is 1. The SMILES string of the molecule is CCOC(=O)C(CC)Oc1ccccc1C. The molecule has 1 unspecified atom stereocenters. The lowest BCUT2D eigenvalue weighted by molar-refractivity contribution is -0.151. The van der Waals surface area contributed by atoms with Gasteiger partial charge in [-0.05, 0) is 31.9 Å². The predicted octanol–water partition coefficient (Wildman–Crippen LogP) is 2.72. The fourth-order valence-electron chi connectivity index (χ4n) is 1.38. The zero-order valence-corrected chi connectivity index (χ0v) is 10.0. The van der Waals surface area contributed by atoms with E-state index in [-0.39, 0.29) is 5.97 Å². The van der Waals surface area contributed by atoms with Crippen LogP contribution in [0.2, 0.25) is 0 Å². The van der Waals surface area contributed by atoms with Gasteiger partial charge in [0.05, 0.1) is 6.61 Å². The van der Waals surface area contributed by atoms with Gasteiger partial charge in [-0.3, -0.25) is 0 Å². The Hall–Kier alpha value is -1.51. The van der Waals surface area contributed by atoms with Crippen LogP contribution in [0.5, 0.6) is 5.75 Å². The number of carbonyl (C=O) groups is 1. The second-order valence-electron chi connectivity index (χ2n) is 3.53. The molecule has 88 valence electrons. The van der Waals surface area contributed by atoms with Gasteiger partial charge in [-0.15, -0.1) is 0 Å². The summed E-state index contributed by atoms with van der Waals surface area (Å²) in [6, 6.07) is 7.64. The summed E-state index contributed by atoms with van der Waals surface area (Å²) in [5, 5.41) is 0. The number of hydrogen-bond acceptors (Lipinski definition) is 3. The Morgan fingerprint density at radius 1 is 1.31 bits per heavy atom. The molecule has 1 rings (SSSR count). The van der Waals surface area contributed by atoms with Crippen LogP contribution in [0.25, 0.3) is 0 Å². The van der Waals surface area contributed by atoms with Crippen molar-refractivity contribution in [3.05, 3.63) is 29.8 Å². The van der Waals surface area contributed by atoms with E-state index in [0.717, 1.165) is 11.3 Å². The minimum atomic E-state index is -0.513. The fourth-order valence-corrected chi connectivity index (χ4v) is 1.38. The van der Waals surface area contributed by atoms with Crippen molar-refractivity contribution in [2.24, 2.45) is 0 Å². The first kappa shape index (κ1) is 12.6. The van der Waals surface area contributed by atoms with Gasteiger partial charge in [0, 0.05) is 0 Å². The number of rotatable bonds is 5. The second kappa shape index (κ2) is 6.16. The number of para-hydroxylation sites is 1. The largest absolute Gasteiger partial charge is 0.478 e. The summed E-state index contributed by atoms with van der Waals surface area (Å²) in [6.45, 7) is 6.03. The first-order chi connectivity index (χ1) is 7.69. The summed E-state index contributed by atoms with van der Waals surface area (Å²) in [5.74, 6) is 0.440. The standard InChI is InChI=1S/C13H18O3/c1-4-11(13(14)15-5-2)16-12-9-7-6-8-10(12)3/h6-9,11H,4-5H2,1-3H3. The van der Waals surface area contributed by atoms with Gasteiger partial charge in [0.15, 0.2) is 6.10 Å². The number of hydrogen-bond donors (Lipinski definition) is 0. The zero-order chi connectivity index (χ0) is 12.0. The van der Waals surface area contributed by atoms with E-state index >= 15 is 0 Å². The van der Waals surface area contributed by atoms with Crippen LogP contribution in [0.4, 0.5) is 0 Å². The van der Waals surface area contributed by atoms with Crippen LogP contribution in [0.3, 0.4) is 0 Å². The maximum Gasteiger partial charge on any atom is 0.347 e. The third-order valence-electron chi connectivity index (χ3n) is 2.28. The van der Waals surface area contributed by atoms with E-state index in [4.69, 9.17) is 9.47 Å². The first-order valence-corrected chi connectivity index (χ1v) is 5.58. The molecule has 3 heteroatoms. The summed E-state index contributed by atoms with van der Waals surface area (Å²) >= 11 is 0. The summed E-state index contributed by atoms with van der Waals surface area (Å²) in [7, 11) is 0. The highest BCUT2D eigenvalue weighted by molar-refractivity contribution is 5.75. The average Bonchev–Trinajstić information content (AvgIpc) is 2.28. The van der Waals surface area contributed by atoms with E-state index < -0.39 is 6.10 Å². The smallest absolute Gasteiger partial charge is 0.347 e. The van der Waals surface area contributed by atoms with Crippen molar-refractivity contribution >= 4 is 5.97 Å². The Morgan fingerprint density at radius 2 is 2.00 bits per heavy atom. The molecule has 1 atom stereocenters. The molecule has 0 aliphatic rings. The topological polar surface area (TPSA) is 35.5 Å². The van der Waals surface area contributed by atoms with Gasteiger partial charge in [-0.25, -0.2) is 4.79 Å². The van der Waals surface area contributed by atoms with Crippen molar-refractivity contribution in [2.75, 3.05) is 6.61 Å². The highest BCUT2D eigenvalue weighted by Gasteiger charge is 2.19. The van der Waals surface area contributed by atoms with Crippen molar-refractivity contribution < 1.29 is 14.3 Å². The lowest BCUT2D eigenvalue weighted by Crippen LogP contribution is -2.28. The van der Waals surface area contributed by atoms with Gasteiger partial charge in [0.2, 0.25) is 0 Å². The van der Waals surface area contributed by atoms with E-state index in [9.17, 15) is 4.79 Å². The molecule has 1 aromatic rings. The quantitative estimate of drug-likeness (QED) is 0.718. The van der Waals surface area contributed by atoms with Gasteiger partial charge in [-0.2, -0.15) is 0 Å². The molecule has 0 heterocycles. The molecule has 0 aliphatic carbocycles. The molecule has 0 amide bonds. The third kappa shape index (κ3) is 3.26. The van der Waals surface area contributed by atoms with Gasteiger partial charge in [-0.1, -0.05) is 25.1 Å². The molecule has 0 spiro atoms. The van der Waals surface area contributed by atoms with E-state index in [1.165, 1.54) is 0 Å². The summed E-state index contributed by atoms with van der Waals surface area (Å²) in [5.41, 5.74) is 1.02. The van der Waals surface area contributed by atoms with Crippen LogP contribution < -0.4 is 4.74 Å². The lowest BCUT2D eigenvalue weighted by atomic mass is 10.2. The molecule has 16 heavy (non-hydrogen) atoms. The second-order valence-corrected chi connectivity index (χ2v) is 3.53. The molecule has 0 saturated carbocycles. The lowest BCUT2D eigenvalue weighted by Gasteiger charge is -2.17. The Labute approximate surface area is 96.4 Å². The van der Waals surface area contributed by atoms with E-state index in [0.29, 0.717) is 13.0 Å². The Morgan fingerprint density at radius 3 is 2.56 bits per heavy atom. The molecule has 0 aromatic heterocycles. The predicted molar refractivity (Wildman–Crippen MR) is 62.5 cm³/mol. The Bertz CT molecular complexity index is 347. The van der Waals surface area contributed by atoms with Crippen molar-refractivity contribution in [1.82, 2.24) is 0 Å². The summed E-state index contributed by atoms with van der Waals surface area (Å²) < 4.78 is 10.6. The first-order valence-electron chi connectivity index (χ1n) is 5.58. The van der Waals surface area contributed by atoms with Gasteiger partial charge in [0.1, 0.15) is 5.75 Å². The van der Waals surface area contributed by atoms with Crippen molar-refractivity contribution in [1.29, 1.82) is 0 Å². The number of aryl methyl sites for hydroxylation is 1. The molecule has 3 nitrogen and oxygen atoms in total. The minimum Gasteiger partial charge on any atom is -0.478 e. The van der Waals surface area contributed by atoms with Crippen molar-refractivity contribution in [2.45, 2.75) is 33.3 Å². The molecular weight excluding hydrogens is 204 g/mol. The van der Waals surface area contributed by atoms with Crippen molar-refractivity contribution in [3.8, 4) is 5.75 Å². The monoisotopic (exact) mass is 222 g/mol. The normalized spacial score (nSPS) is 11.9. The van der Waals surface area contributed by atoms with Crippen molar-refractivity contribution in [3.63, 3.8) is 0 Å². The Balaban J connectivity index is 2.70. The van der Waals surface area contributed by atoms with Crippen LogP contribution in [0.15, 0.2) is 24.3 Å². The number of ether oxygens (including phenoxy) is 2. The van der Waals surface area contributed by atoms with Crippen LogP contribution in [0, 0.1) is 6.92 Å². The van der Waals surface area contributed by atoms with Crippen LogP contribution >= 0.6 is 0 Å². The third-order valence-corrected chi connectivity index (χ3v) is 2.28. The minimum absolute atomic E-state index is 0.298. The molecular formula is C13H18O3. The van der Waals surface area contributed by atoms with E-state index in [1.54, 1.807) is 6.92 Å². The number of benzene rings is 1. The highest BCUT2D eigenvalue weighted by Crippen LogP contribution is 2.19. The van der Waals surface area contributed by atoms with E-state index in [1.807, 2.05) is 38.1 Å². The van der Waals surface area contributed by atoms with Gasteiger partial charge < -0.3 is 9.47 Å². The molecule has 1 aromatic carbocycles. The molecule has 0 aliphatic heterocycles. The molecule has 0 saturated heterocycles. The molecule has 0 bridgehead atoms. The maximum absolute atomic E-state index is 11.5. The van der Waals surface area contributed by atoms with Gasteiger partial charge in [0.25, 0.3) is 0 Å². The molecule has 0 fully saturated rings. The molecule has 0 N–H and O–H groups in total. The van der Waals surface area contributed by atoms with Gasteiger partial charge >= 0.3 is 5.97 Å². The Kier molecular flexibility index (Phi) is 4.83. The summed E-state index contributed by atoms with van der Waals surface area (Å²) in [6.07, 6.45) is 0.0914. The fraction of sp³-hybridized carbons (Fsp3) is 0.462. The average molecular weight is 222 g/mol. The van der Waals surface area contributed by atoms with Crippen LogP contribution in [0.1, 0.15) is 25.8 Å². The van der Waals surface area contributed by atoms with E-state index in [2.05, 4.69) is 0 Å². The maximum atomic E-state index is 11.5. The highest BCUT2D eigenvalue weighted by atomic mass is 16.6. The number of esters is 1.